The number of halogens is 1. The minimum Gasteiger partial charge on any atom is -0.396 e. The SMILES string of the molecule is CNC(c1ccccc1F)C1(CO)COC1. The highest BCUT2D eigenvalue weighted by Gasteiger charge is 2.46. The molecule has 0 bridgehead atoms. The van der Waals surface area contributed by atoms with Crippen LogP contribution in [0.25, 0.3) is 0 Å². The molecule has 88 valence electrons. The smallest absolute Gasteiger partial charge is 0.128 e. The standard InChI is InChI=1S/C12H16FNO2/c1-14-11(12(6-15)7-16-8-12)9-4-2-3-5-10(9)13/h2-5,11,14-15H,6-8H2,1H3. The molecule has 1 aliphatic rings. The number of aliphatic hydroxyl groups excluding tert-OH is 1. The number of rotatable bonds is 4. The first-order chi connectivity index (χ1) is 7.73. The highest BCUT2D eigenvalue weighted by Crippen LogP contribution is 2.40. The van der Waals surface area contributed by atoms with Crippen LogP contribution in [-0.2, 0) is 4.74 Å². The summed E-state index contributed by atoms with van der Waals surface area (Å²) in [5.41, 5.74) is 0.194. The Kier molecular flexibility index (Phi) is 3.23. The Morgan fingerprint density at radius 1 is 1.50 bits per heavy atom. The van der Waals surface area contributed by atoms with Crippen molar-refractivity contribution in [1.29, 1.82) is 0 Å². The molecule has 0 aromatic heterocycles. The molecule has 1 aliphatic heterocycles. The van der Waals surface area contributed by atoms with E-state index in [9.17, 15) is 9.50 Å². The third-order valence-corrected chi connectivity index (χ3v) is 3.21. The van der Waals surface area contributed by atoms with Crippen LogP contribution in [0.4, 0.5) is 4.39 Å². The fourth-order valence-electron chi connectivity index (χ4n) is 2.21. The zero-order valence-electron chi connectivity index (χ0n) is 9.24. The van der Waals surface area contributed by atoms with Crippen LogP contribution in [0.1, 0.15) is 11.6 Å². The molecule has 4 heteroatoms. The fourth-order valence-corrected chi connectivity index (χ4v) is 2.21. The molecule has 16 heavy (non-hydrogen) atoms. The first kappa shape index (κ1) is 11.5. The van der Waals surface area contributed by atoms with Gasteiger partial charge in [-0.2, -0.15) is 0 Å². The topological polar surface area (TPSA) is 41.5 Å². The molecule has 1 heterocycles. The van der Waals surface area contributed by atoms with Gasteiger partial charge in [0.1, 0.15) is 5.82 Å². The molecule has 1 aromatic rings. The van der Waals surface area contributed by atoms with E-state index in [2.05, 4.69) is 5.32 Å². The second-order valence-electron chi connectivity index (χ2n) is 4.26. The molecular weight excluding hydrogens is 209 g/mol. The molecule has 2 N–H and O–H groups in total. The van der Waals surface area contributed by atoms with Crippen LogP contribution in [0.15, 0.2) is 24.3 Å². The van der Waals surface area contributed by atoms with Gasteiger partial charge in [-0.3, -0.25) is 0 Å². The number of aliphatic hydroxyl groups is 1. The van der Waals surface area contributed by atoms with Gasteiger partial charge in [-0.05, 0) is 13.1 Å². The van der Waals surface area contributed by atoms with E-state index in [0.717, 1.165) is 0 Å². The van der Waals surface area contributed by atoms with Crippen LogP contribution in [0, 0.1) is 11.2 Å². The summed E-state index contributed by atoms with van der Waals surface area (Å²) in [6, 6.07) is 6.42. The van der Waals surface area contributed by atoms with Crippen molar-refractivity contribution in [3.8, 4) is 0 Å². The summed E-state index contributed by atoms with van der Waals surface area (Å²) in [7, 11) is 1.77. The summed E-state index contributed by atoms with van der Waals surface area (Å²) in [5, 5.41) is 12.5. The lowest BCUT2D eigenvalue weighted by molar-refractivity contribution is -0.155. The van der Waals surface area contributed by atoms with Gasteiger partial charge in [-0.1, -0.05) is 18.2 Å². The largest absolute Gasteiger partial charge is 0.396 e. The van der Waals surface area contributed by atoms with Crippen molar-refractivity contribution in [3.05, 3.63) is 35.6 Å². The number of ether oxygens (including phenoxy) is 1. The van der Waals surface area contributed by atoms with Crippen LogP contribution >= 0.6 is 0 Å². The number of hydrogen-bond acceptors (Lipinski definition) is 3. The normalized spacial score (nSPS) is 20.2. The molecular formula is C12H16FNO2. The predicted octanol–water partition coefficient (Wildman–Crippen LogP) is 1.10. The first-order valence-electron chi connectivity index (χ1n) is 5.34. The van der Waals surface area contributed by atoms with E-state index in [1.165, 1.54) is 6.07 Å². The van der Waals surface area contributed by atoms with Gasteiger partial charge in [0.15, 0.2) is 0 Å². The van der Waals surface area contributed by atoms with E-state index in [-0.39, 0.29) is 18.5 Å². The molecule has 2 rings (SSSR count). The first-order valence-corrected chi connectivity index (χ1v) is 5.34. The molecule has 1 saturated heterocycles. The molecule has 1 unspecified atom stereocenters. The lowest BCUT2D eigenvalue weighted by Crippen LogP contribution is -2.53. The Morgan fingerprint density at radius 3 is 2.62 bits per heavy atom. The van der Waals surface area contributed by atoms with Crippen LogP contribution in [0.3, 0.4) is 0 Å². The highest BCUT2D eigenvalue weighted by molar-refractivity contribution is 5.24. The lowest BCUT2D eigenvalue weighted by Gasteiger charge is -2.46. The van der Waals surface area contributed by atoms with Crippen molar-refractivity contribution >= 4 is 0 Å². The van der Waals surface area contributed by atoms with E-state index in [4.69, 9.17) is 4.74 Å². The molecule has 0 radical (unpaired) electrons. The van der Waals surface area contributed by atoms with E-state index >= 15 is 0 Å². The molecule has 0 aliphatic carbocycles. The van der Waals surface area contributed by atoms with Crippen molar-refractivity contribution in [1.82, 2.24) is 5.32 Å². The summed E-state index contributed by atoms with van der Waals surface area (Å²) < 4.78 is 18.8. The summed E-state index contributed by atoms with van der Waals surface area (Å²) in [6.45, 7) is 0.916. The van der Waals surface area contributed by atoms with E-state index < -0.39 is 5.41 Å². The van der Waals surface area contributed by atoms with E-state index in [1.807, 2.05) is 0 Å². The molecule has 0 amide bonds. The molecule has 0 saturated carbocycles. The van der Waals surface area contributed by atoms with Gasteiger partial charge in [-0.25, -0.2) is 4.39 Å². The van der Waals surface area contributed by atoms with Gasteiger partial charge in [0.2, 0.25) is 0 Å². The zero-order valence-corrected chi connectivity index (χ0v) is 9.24. The average molecular weight is 225 g/mol. The number of hydrogen-bond donors (Lipinski definition) is 2. The summed E-state index contributed by atoms with van der Waals surface area (Å²) >= 11 is 0. The second-order valence-corrected chi connectivity index (χ2v) is 4.26. The minimum absolute atomic E-state index is 0.00710. The van der Waals surface area contributed by atoms with Crippen molar-refractivity contribution < 1.29 is 14.2 Å². The van der Waals surface area contributed by atoms with E-state index in [1.54, 1.807) is 25.2 Å². The number of benzene rings is 1. The monoisotopic (exact) mass is 225 g/mol. The fraction of sp³-hybridized carbons (Fsp3) is 0.500. The Morgan fingerprint density at radius 2 is 2.19 bits per heavy atom. The molecule has 1 aromatic carbocycles. The predicted molar refractivity (Wildman–Crippen MR) is 58.5 cm³/mol. The Hall–Kier alpha value is -0.970. The zero-order chi connectivity index (χ0) is 11.6. The summed E-state index contributed by atoms with van der Waals surface area (Å²) in [4.78, 5) is 0. The molecule has 1 fully saturated rings. The van der Waals surface area contributed by atoms with Crippen LogP contribution in [0.2, 0.25) is 0 Å². The third-order valence-electron chi connectivity index (χ3n) is 3.21. The van der Waals surface area contributed by atoms with Crippen LogP contribution < -0.4 is 5.32 Å². The Balaban J connectivity index is 2.32. The van der Waals surface area contributed by atoms with Gasteiger partial charge in [0.05, 0.1) is 25.2 Å². The lowest BCUT2D eigenvalue weighted by atomic mass is 9.76. The second kappa shape index (κ2) is 4.49. The van der Waals surface area contributed by atoms with Crippen molar-refractivity contribution in [2.24, 2.45) is 5.41 Å². The van der Waals surface area contributed by atoms with Crippen LogP contribution in [-0.4, -0.2) is 32.0 Å². The van der Waals surface area contributed by atoms with Crippen molar-refractivity contribution in [2.75, 3.05) is 26.9 Å². The molecule has 3 nitrogen and oxygen atoms in total. The highest BCUT2D eigenvalue weighted by atomic mass is 19.1. The van der Waals surface area contributed by atoms with Crippen molar-refractivity contribution in [3.63, 3.8) is 0 Å². The van der Waals surface area contributed by atoms with Crippen molar-refractivity contribution in [2.45, 2.75) is 6.04 Å². The van der Waals surface area contributed by atoms with Gasteiger partial charge >= 0.3 is 0 Å². The Labute approximate surface area is 94.2 Å². The van der Waals surface area contributed by atoms with Gasteiger partial charge in [0.25, 0.3) is 0 Å². The average Bonchev–Trinajstić information content (AvgIpc) is 2.25. The maximum Gasteiger partial charge on any atom is 0.128 e. The van der Waals surface area contributed by atoms with Gasteiger partial charge in [0, 0.05) is 11.6 Å². The summed E-state index contributed by atoms with van der Waals surface area (Å²) in [5.74, 6) is -0.249. The van der Waals surface area contributed by atoms with E-state index in [0.29, 0.717) is 18.8 Å². The third kappa shape index (κ3) is 1.73. The minimum atomic E-state index is -0.392. The molecule has 0 spiro atoms. The maximum atomic E-state index is 13.7. The number of nitrogens with one attached hydrogen (secondary N) is 1. The summed E-state index contributed by atoms with van der Waals surface area (Å²) in [6.07, 6.45) is 0. The maximum absolute atomic E-state index is 13.7. The van der Waals surface area contributed by atoms with Gasteiger partial charge < -0.3 is 15.2 Å². The van der Waals surface area contributed by atoms with Crippen LogP contribution in [0.5, 0.6) is 0 Å². The molecule has 1 atom stereocenters. The quantitative estimate of drug-likeness (QED) is 0.806. The Bertz CT molecular complexity index is 360. The van der Waals surface area contributed by atoms with Gasteiger partial charge in [-0.15, -0.1) is 0 Å².